The van der Waals surface area contributed by atoms with Gasteiger partial charge in [-0.05, 0) is 34.1 Å². The summed E-state index contributed by atoms with van der Waals surface area (Å²) >= 11 is 0. The molecule has 0 radical (unpaired) electrons. The second kappa shape index (κ2) is 11.0. The van der Waals surface area contributed by atoms with Gasteiger partial charge in [-0.25, -0.2) is 0 Å². The number of rotatable bonds is 3. The van der Waals surface area contributed by atoms with Gasteiger partial charge in [-0.1, -0.05) is 129 Å². The summed E-state index contributed by atoms with van der Waals surface area (Å²) in [6.45, 7) is 13.4. The Morgan fingerprint density at radius 3 is 1.83 bits per heavy atom. The monoisotopic (exact) mass is 713 g/mol. The van der Waals surface area contributed by atoms with Crippen molar-refractivity contribution in [2.75, 3.05) is 0 Å². The van der Waals surface area contributed by atoms with Gasteiger partial charge in [-0.15, -0.1) is 41.3 Å². The Morgan fingerprint density at radius 2 is 1.17 bits per heavy atom. The van der Waals surface area contributed by atoms with Gasteiger partial charge in [0.15, 0.2) is 0 Å². The molecule has 0 aliphatic rings. The van der Waals surface area contributed by atoms with Gasteiger partial charge in [0.2, 0.25) is 0 Å². The summed E-state index contributed by atoms with van der Waals surface area (Å²) in [5.74, 6) is 0. The predicted octanol–water partition coefficient (Wildman–Crippen LogP) is 9.98. The second-order valence-corrected chi connectivity index (χ2v) is 12.6. The van der Waals surface area contributed by atoms with Crippen LogP contribution in [0.2, 0.25) is 0 Å². The minimum absolute atomic E-state index is 0. The minimum atomic E-state index is 0. The zero-order valence-corrected chi connectivity index (χ0v) is 26.7. The topological polar surface area (TPSA) is 25.8 Å². The van der Waals surface area contributed by atoms with Crippen LogP contribution in [0.1, 0.15) is 52.7 Å². The molecule has 3 heteroatoms. The van der Waals surface area contributed by atoms with Crippen molar-refractivity contribution >= 4 is 21.5 Å². The molecular formula is C38H34N2Pt. The molecular weight excluding hydrogens is 680 g/mol. The Kier molecular flexibility index (Phi) is 7.75. The van der Waals surface area contributed by atoms with Crippen molar-refractivity contribution in [3.8, 4) is 33.6 Å². The van der Waals surface area contributed by atoms with Crippen molar-refractivity contribution < 1.29 is 21.1 Å². The van der Waals surface area contributed by atoms with Gasteiger partial charge in [0, 0.05) is 23.8 Å². The van der Waals surface area contributed by atoms with Gasteiger partial charge in [0.1, 0.15) is 0 Å². The number of hydrogen-bond donors (Lipinski definition) is 0. The summed E-state index contributed by atoms with van der Waals surface area (Å²) in [7, 11) is 0. The molecule has 0 bridgehead atoms. The molecule has 4 aromatic carbocycles. The molecule has 0 unspecified atom stereocenters. The molecule has 2 aromatic heterocycles. The number of benzene rings is 4. The number of hydrogen-bond acceptors (Lipinski definition) is 2. The van der Waals surface area contributed by atoms with Crippen LogP contribution in [0.5, 0.6) is 0 Å². The third-order valence-corrected chi connectivity index (χ3v) is 7.65. The van der Waals surface area contributed by atoms with E-state index in [4.69, 9.17) is 9.97 Å². The predicted molar refractivity (Wildman–Crippen MR) is 168 cm³/mol. The third-order valence-electron chi connectivity index (χ3n) is 7.65. The van der Waals surface area contributed by atoms with Crippen LogP contribution in [0.15, 0.2) is 97.3 Å². The first-order chi connectivity index (χ1) is 19.1. The molecule has 0 aliphatic carbocycles. The average Bonchev–Trinajstić information content (AvgIpc) is 2.95. The van der Waals surface area contributed by atoms with Gasteiger partial charge in [0.05, 0.1) is 0 Å². The summed E-state index contributed by atoms with van der Waals surface area (Å²) in [4.78, 5) is 9.48. The molecule has 0 amide bonds. The van der Waals surface area contributed by atoms with E-state index in [-0.39, 0.29) is 31.9 Å². The third kappa shape index (κ3) is 5.77. The van der Waals surface area contributed by atoms with Crippen molar-refractivity contribution in [3.63, 3.8) is 0 Å². The smallest absolute Gasteiger partial charge is 0.295 e. The summed E-state index contributed by atoms with van der Waals surface area (Å²) in [5, 5.41) is 4.54. The number of nitrogens with zero attached hydrogens (tertiary/aromatic N) is 2. The quantitative estimate of drug-likeness (QED) is 0.171. The number of pyridine rings is 2. The normalized spacial score (nSPS) is 12.0. The Balaban J connectivity index is 0.00000337. The van der Waals surface area contributed by atoms with Crippen LogP contribution in [0.3, 0.4) is 0 Å². The van der Waals surface area contributed by atoms with Gasteiger partial charge >= 0.3 is 21.1 Å². The maximum absolute atomic E-state index is 4.76. The van der Waals surface area contributed by atoms with Crippen LogP contribution < -0.4 is 0 Å². The van der Waals surface area contributed by atoms with Crippen molar-refractivity contribution in [2.24, 2.45) is 0 Å². The van der Waals surface area contributed by atoms with E-state index >= 15 is 0 Å². The fraction of sp³-hybridized carbons (Fsp3) is 0.211. The molecule has 0 saturated carbocycles. The number of aromatic nitrogens is 2. The first kappa shape index (κ1) is 28.9. The van der Waals surface area contributed by atoms with Gasteiger partial charge in [-0.2, -0.15) is 0 Å². The Bertz CT molecular complexity index is 1870. The molecule has 0 fully saturated rings. The van der Waals surface area contributed by atoms with E-state index in [1.165, 1.54) is 16.5 Å². The van der Waals surface area contributed by atoms with Crippen LogP contribution in [-0.4, -0.2) is 9.97 Å². The zero-order valence-electron chi connectivity index (χ0n) is 24.4. The van der Waals surface area contributed by atoms with Crippen molar-refractivity contribution in [1.82, 2.24) is 9.97 Å². The van der Waals surface area contributed by atoms with E-state index in [0.29, 0.717) is 0 Å². The maximum Gasteiger partial charge on any atom is 2.00 e. The first-order valence-electron chi connectivity index (χ1n) is 13.9. The molecule has 0 N–H and O–H groups in total. The molecule has 0 aliphatic heterocycles. The molecule has 6 aromatic rings. The Labute approximate surface area is 258 Å². The van der Waals surface area contributed by atoms with E-state index in [9.17, 15) is 0 Å². The SMILES string of the molecule is CC(C)(C)c1ccnc(-c2[c-]c3c(-c4[c-]c(-c5cc(C(C)(C)C)ccn5)cc5ccccc45)cccc3cc2)c1.[Pt+2]. The van der Waals surface area contributed by atoms with E-state index in [1.807, 2.05) is 12.4 Å². The summed E-state index contributed by atoms with van der Waals surface area (Å²) in [6.07, 6.45) is 3.82. The molecule has 6 rings (SSSR count). The van der Waals surface area contributed by atoms with Crippen molar-refractivity contribution in [3.05, 3.63) is 121 Å². The molecule has 206 valence electrons. The van der Waals surface area contributed by atoms with E-state index in [2.05, 4.69) is 139 Å². The van der Waals surface area contributed by atoms with Crippen molar-refractivity contribution in [1.29, 1.82) is 0 Å². The maximum atomic E-state index is 4.76. The second-order valence-electron chi connectivity index (χ2n) is 12.6. The largest absolute Gasteiger partial charge is 2.00 e. The standard InChI is InChI=1S/C38H34N2.Pt/c1-37(2,3)29-16-18-39-35(23-29)27-15-14-25-11-9-13-32(33(25)21-27)34-22-28(20-26-10-7-8-12-31(26)34)36-24-30(17-19-40-36)38(4,5)6;/h7-20,23-24H,1-6H3;/q-2;+2. The van der Waals surface area contributed by atoms with E-state index < -0.39 is 0 Å². The number of fused-ring (bicyclic) bond motifs is 2. The summed E-state index contributed by atoms with van der Waals surface area (Å²) < 4.78 is 0. The van der Waals surface area contributed by atoms with Gasteiger partial charge in [0.25, 0.3) is 0 Å². The molecule has 41 heavy (non-hydrogen) atoms. The summed E-state index contributed by atoms with van der Waals surface area (Å²) in [6, 6.07) is 37.6. The summed E-state index contributed by atoms with van der Waals surface area (Å²) in [5.41, 5.74) is 8.64. The van der Waals surface area contributed by atoms with Crippen LogP contribution >= 0.6 is 0 Å². The van der Waals surface area contributed by atoms with Gasteiger partial charge in [-0.3, -0.25) is 9.97 Å². The van der Waals surface area contributed by atoms with Crippen LogP contribution in [-0.2, 0) is 31.9 Å². The zero-order chi connectivity index (χ0) is 28.1. The molecule has 0 atom stereocenters. The molecule has 0 saturated heterocycles. The fourth-order valence-electron chi connectivity index (χ4n) is 5.24. The van der Waals surface area contributed by atoms with E-state index in [0.717, 1.165) is 49.8 Å². The van der Waals surface area contributed by atoms with Crippen LogP contribution in [0, 0.1) is 12.1 Å². The molecule has 0 spiro atoms. The molecule has 2 heterocycles. The van der Waals surface area contributed by atoms with Gasteiger partial charge < -0.3 is 0 Å². The minimum Gasteiger partial charge on any atom is -0.295 e. The van der Waals surface area contributed by atoms with Crippen LogP contribution in [0.25, 0.3) is 55.2 Å². The van der Waals surface area contributed by atoms with Crippen LogP contribution in [0.4, 0.5) is 0 Å². The fourth-order valence-corrected chi connectivity index (χ4v) is 5.24. The van der Waals surface area contributed by atoms with Crippen molar-refractivity contribution in [2.45, 2.75) is 52.4 Å². The Hall–Kier alpha value is -3.61. The molecule has 2 nitrogen and oxygen atoms in total. The van der Waals surface area contributed by atoms with E-state index in [1.54, 1.807) is 0 Å². The Morgan fingerprint density at radius 1 is 0.561 bits per heavy atom. The average molecular weight is 714 g/mol. The first-order valence-corrected chi connectivity index (χ1v) is 13.9.